The van der Waals surface area contributed by atoms with Gasteiger partial charge < -0.3 is 30.0 Å². The lowest BCUT2D eigenvalue weighted by Crippen LogP contribution is -2.19. The number of fused-ring (bicyclic) bond motifs is 6. The molecule has 0 radical (unpaired) electrons. The van der Waals surface area contributed by atoms with Gasteiger partial charge in [-0.15, -0.1) is 0 Å². The molecular formula is C54H56F2N4O8. The average molecular weight is 927 g/mol. The van der Waals surface area contributed by atoms with E-state index in [4.69, 9.17) is 19.8 Å². The Hall–Kier alpha value is -6.90. The van der Waals surface area contributed by atoms with Crippen molar-refractivity contribution in [3.05, 3.63) is 156 Å². The minimum atomic E-state index is -1.18. The number of aryl methyl sites for hydroxylation is 2. The van der Waals surface area contributed by atoms with Crippen LogP contribution < -0.4 is 11.1 Å². The lowest BCUT2D eigenvalue weighted by Gasteiger charge is -2.22. The number of aliphatic hydroxyl groups excluding tert-OH is 2. The van der Waals surface area contributed by atoms with Crippen molar-refractivity contribution in [2.24, 2.45) is 0 Å². The quantitative estimate of drug-likeness (QED) is 0.0738. The van der Waals surface area contributed by atoms with E-state index in [2.05, 4.69) is 9.97 Å². The molecule has 2 atom stereocenters. The van der Waals surface area contributed by atoms with Gasteiger partial charge in [-0.1, -0.05) is 64.1 Å². The molecular weight excluding hydrogens is 871 g/mol. The van der Waals surface area contributed by atoms with E-state index < -0.39 is 30.6 Å². The molecule has 5 N–H and O–H groups in total. The van der Waals surface area contributed by atoms with Gasteiger partial charge in [-0.3, -0.25) is 24.4 Å². The first-order valence-electron chi connectivity index (χ1n) is 23.1. The maximum Gasteiger partial charge on any atom is 0.340 e. The third-order valence-corrected chi connectivity index (χ3v) is 12.2. The predicted octanol–water partition coefficient (Wildman–Crippen LogP) is 9.49. The number of nitrogens with one attached hydrogen (secondary N) is 2. The topological polar surface area (TPSA) is 196 Å². The summed E-state index contributed by atoms with van der Waals surface area (Å²) in [5, 5.41) is 29.4. The number of esters is 1. The molecule has 0 bridgehead atoms. The van der Waals surface area contributed by atoms with E-state index in [-0.39, 0.29) is 47.6 Å². The minimum Gasteiger partial charge on any atom is -0.481 e. The highest BCUT2D eigenvalue weighted by Crippen LogP contribution is 2.43. The molecule has 68 heavy (non-hydrogen) atoms. The van der Waals surface area contributed by atoms with Crippen LogP contribution in [-0.2, 0) is 35.2 Å². The van der Waals surface area contributed by atoms with Gasteiger partial charge in [-0.05, 0) is 120 Å². The van der Waals surface area contributed by atoms with Crippen molar-refractivity contribution in [2.75, 3.05) is 6.61 Å². The molecule has 0 aliphatic heterocycles. The van der Waals surface area contributed by atoms with Gasteiger partial charge in [-0.25, -0.2) is 13.6 Å². The van der Waals surface area contributed by atoms with Crippen molar-refractivity contribution >= 4 is 18.0 Å². The molecule has 4 aromatic heterocycles. The van der Waals surface area contributed by atoms with Crippen LogP contribution in [0.2, 0.25) is 0 Å². The number of H-pyrrole nitrogens is 2. The van der Waals surface area contributed by atoms with Crippen molar-refractivity contribution in [1.29, 1.82) is 0 Å². The molecule has 4 heterocycles. The van der Waals surface area contributed by atoms with E-state index in [9.17, 15) is 38.2 Å². The number of carbonyl (C=O) groups is 2. The van der Waals surface area contributed by atoms with Crippen molar-refractivity contribution in [3.8, 4) is 44.8 Å². The van der Waals surface area contributed by atoms with Gasteiger partial charge in [0.1, 0.15) is 11.6 Å². The molecule has 2 aliphatic rings. The number of aliphatic carboxylic acids is 1. The highest BCUT2D eigenvalue weighted by Gasteiger charge is 2.30. The second-order valence-corrected chi connectivity index (χ2v) is 17.8. The number of halogens is 2. The Morgan fingerprint density at radius 1 is 0.735 bits per heavy atom. The van der Waals surface area contributed by atoms with Crippen LogP contribution in [0, 0.1) is 11.6 Å². The first-order valence-corrected chi connectivity index (χ1v) is 23.1. The summed E-state index contributed by atoms with van der Waals surface area (Å²) in [7, 11) is 0. The van der Waals surface area contributed by atoms with Crippen molar-refractivity contribution < 1.29 is 38.4 Å². The summed E-state index contributed by atoms with van der Waals surface area (Å²) in [5.41, 5.74) is 12.5. The zero-order valence-corrected chi connectivity index (χ0v) is 38.8. The minimum absolute atomic E-state index is 0.00615. The molecule has 0 amide bonds. The number of pyridine rings is 4. The number of nitrogens with zero attached hydrogens (tertiary/aromatic N) is 2. The standard InChI is InChI=1S/C29H31FN2O5.C25H25FN2O3/c1-16(2)28-23(11-10-20(33)13-21(34)14-26(36)37)27(17-6-8-19(30)9-7-17)22-5-3-4-18-12-25(35)31-15-24(18)29(22)32-28;1-4-31-25(30)22-21(15-8-10-17(26)11-9-15)18-7-5-6-16-12-20(29)27-13-19(16)24(18)28-23(22)14(2)3/h6-12,15-16,20-21,33-34H,3-5,13-14H2,1-2H3,(H,31,35)(H,36,37);8-14H,4-7H2,1-3H3,(H,27,29)/b11-10+;/t20-,21-;/m1./s1. The van der Waals surface area contributed by atoms with Crippen LogP contribution in [0.15, 0.2) is 88.7 Å². The summed E-state index contributed by atoms with van der Waals surface area (Å²) in [5.74, 6) is -2.30. The van der Waals surface area contributed by atoms with Gasteiger partial charge in [0.25, 0.3) is 0 Å². The van der Waals surface area contributed by atoms with Gasteiger partial charge in [0.05, 0.1) is 53.6 Å². The number of carboxylic acids is 1. The van der Waals surface area contributed by atoms with Crippen LogP contribution >= 0.6 is 0 Å². The number of aliphatic hydroxyl groups is 2. The fraction of sp³-hybridized carbons (Fsp3) is 0.333. The summed E-state index contributed by atoms with van der Waals surface area (Å²) in [6.45, 7) is 10.0. The van der Waals surface area contributed by atoms with Crippen LogP contribution in [0.25, 0.3) is 50.8 Å². The van der Waals surface area contributed by atoms with E-state index in [1.807, 2.05) is 27.7 Å². The Morgan fingerprint density at radius 3 is 1.71 bits per heavy atom. The van der Waals surface area contributed by atoms with Crippen LogP contribution in [-0.4, -0.2) is 66.0 Å². The third kappa shape index (κ3) is 10.9. The smallest absolute Gasteiger partial charge is 0.340 e. The Bertz CT molecular complexity index is 2980. The molecule has 8 rings (SSSR count). The maximum absolute atomic E-state index is 13.9. The van der Waals surface area contributed by atoms with Gasteiger partial charge in [0, 0.05) is 53.2 Å². The van der Waals surface area contributed by atoms with E-state index >= 15 is 0 Å². The highest BCUT2D eigenvalue weighted by atomic mass is 19.1. The fourth-order valence-electron chi connectivity index (χ4n) is 9.19. The number of ether oxygens (including phenoxy) is 1. The number of carboxylic acid groups (broad SMARTS) is 1. The summed E-state index contributed by atoms with van der Waals surface area (Å²) in [6.07, 6.45) is 8.33. The third-order valence-electron chi connectivity index (χ3n) is 12.2. The van der Waals surface area contributed by atoms with E-state index in [0.717, 1.165) is 104 Å². The lowest BCUT2D eigenvalue weighted by atomic mass is 9.86. The average Bonchev–Trinajstić information content (AvgIpc) is 3.58. The van der Waals surface area contributed by atoms with Crippen LogP contribution in [0.1, 0.15) is 122 Å². The summed E-state index contributed by atoms with van der Waals surface area (Å²) in [6, 6.07) is 15.7. The number of benzene rings is 2. The molecule has 0 fully saturated rings. The SMILES string of the molecule is CC(C)c1nc2c(c(-c3ccc(F)cc3)c1/C=C/[C@@H](O)C[C@@H](O)CC(=O)O)CCCc1cc(=O)[nH]cc1-2.CCOC(=O)c1c(C(C)C)nc2c(c1-c1ccc(F)cc1)CCCc1cc(=O)[nH]cc1-2. The maximum atomic E-state index is 13.9. The Morgan fingerprint density at radius 2 is 1.22 bits per heavy atom. The second-order valence-electron chi connectivity index (χ2n) is 17.8. The number of rotatable bonds is 12. The Balaban J connectivity index is 0.000000204. The molecule has 12 nitrogen and oxygen atoms in total. The molecule has 14 heteroatoms. The van der Waals surface area contributed by atoms with Gasteiger partial charge >= 0.3 is 11.9 Å². The first kappa shape index (κ1) is 49.0. The molecule has 2 aliphatic carbocycles. The van der Waals surface area contributed by atoms with E-state index in [1.54, 1.807) is 61.8 Å². The Labute approximate surface area is 392 Å². The number of aromatic nitrogens is 4. The van der Waals surface area contributed by atoms with Crippen molar-refractivity contribution in [3.63, 3.8) is 0 Å². The fourth-order valence-corrected chi connectivity index (χ4v) is 9.19. The second kappa shape index (κ2) is 21.4. The molecule has 6 aromatic rings. The van der Waals surface area contributed by atoms with Crippen LogP contribution in [0.5, 0.6) is 0 Å². The summed E-state index contributed by atoms with van der Waals surface area (Å²) >= 11 is 0. The number of hydrogen-bond donors (Lipinski definition) is 5. The monoisotopic (exact) mass is 926 g/mol. The van der Waals surface area contributed by atoms with Crippen LogP contribution in [0.4, 0.5) is 8.78 Å². The molecule has 0 saturated heterocycles. The van der Waals surface area contributed by atoms with E-state index in [0.29, 0.717) is 24.1 Å². The zero-order chi connectivity index (χ0) is 48.8. The summed E-state index contributed by atoms with van der Waals surface area (Å²) < 4.78 is 33.0. The van der Waals surface area contributed by atoms with Gasteiger partial charge in [0.2, 0.25) is 11.1 Å². The summed E-state index contributed by atoms with van der Waals surface area (Å²) in [4.78, 5) is 63.5. The number of aromatic amines is 2. The molecule has 354 valence electrons. The first-order chi connectivity index (χ1) is 32.5. The van der Waals surface area contributed by atoms with Crippen LogP contribution in [0.3, 0.4) is 0 Å². The highest BCUT2D eigenvalue weighted by molar-refractivity contribution is 6.01. The molecule has 2 aromatic carbocycles. The lowest BCUT2D eigenvalue weighted by molar-refractivity contribution is -0.139. The van der Waals surface area contributed by atoms with E-state index in [1.165, 1.54) is 30.3 Å². The van der Waals surface area contributed by atoms with Crippen molar-refractivity contribution in [1.82, 2.24) is 19.9 Å². The molecule has 0 unspecified atom stereocenters. The molecule has 0 saturated carbocycles. The number of carbonyl (C=O) groups excluding carboxylic acids is 1. The van der Waals surface area contributed by atoms with Gasteiger partial charge in [-0.2, -0.15) is 0 Å². The largest absolute Gasteiger partial charge is 0.481 e. The number of hydrogen-bond acceptors (Lipinski definition) is 9. The predicted molar refractivity (Wildman–Crippen MR) is 257 cm³/mol. The molecule has 0 spiro atoms. The van der Waals surface area contributed by atoms with Crippen molar-refractivity contribution in [2.45, 2.75) is 110 Å². The normalized spacial score (nSPS) is 13.9. The Kier molecular flexibility index (Phi) is 15.4. The zero-order valence-electron chi connectivity index (χ0n) is 38.8. The van der Waals surface area contributed by atoms with Gasteiger partial charge in [0.15, 0.2) is 0 Å².